The largest absolute Gasteiger partial charge is 0.339 e. The lowest BCUT2D eigenvalue weighted by molar-refractivity contribution is 0.0713. The number of thiophene rings is 1. The fourth-order valence-corrected chi connectivity index (χ4v) is 6.50. The summed E-state index contributed by atoms with van der Waals surface area (Å²) >= 11 is 1.18. The van der Waals surface area contributed by atoms with Crippen LogP contribution in [0.4, 0.5) is 4.39 Å². The van der Waals surface area contributed by atoms with Gasteiger partial charge in [0.2, 0.25) is 10.0 Å². The molecule has 0 unspecified atom stereocenters. The summed E-state index contributed by atoms with van der Waals surface area (Å²) < 4.78 is 41.5. The maximum absolute atomic E-state index is 13.5. The molecule has 1 saturated heterocycles. The van der Waals surface area contributed by atoms with Gasteiger partial charge >= 0.3 is 0 Å². The van der Waals surface area contributed by atoms with Crippen molar-refractivity contribution in [2.75, 3.05) is 13.1 Å². The number of halogens is 1. The van der Waals surface area contributed by atoms with Crippen LogP contribution in [0.3, 0.4) is 0 Å². The van der Waals surface area contributed by atoms with Crippen molar-refractivity contribution < 1.29 is 17.6 Å². The third-order valence-corrected chi connectivity index (χ3v) is 8.87. The molecule has 0 bridgehead atoms. The number of nitrogens with one attached hydrogen (secondary N) is 1. The van der Waals surface area contributed by atoms with Crippen LogP contribution in [0.15, 0.2) is 76.3 Å². The number of amides is 1. The summed E-state index contributed by atoms with van der Waals surface area (Å²) in [5.74, 6) is -0.458. The number of fused-ring (bicyclic) bond motifs is 1. The molecule has 0 radical (unpaired) electrons. The second-order valence-corrected chi connectivity index (χ2v) is 11.1. The van der Waals surface area contributed by atoms with Gasteiger partial charge < -0.3 is 4.90 Å². The van der Waals surface area contributed by atoms with Gasteiger partial charge in [0, 0.05) is 30.1 Å². The molecule has 1 aliphatic heterocycles. The SMILES string of the molecule is O=C(c1cc(-c2ccc(F)cc2)nc2ccccc12)N1CCC(NS(=O)(=O)c2cccs2)CC1. The van der Waals surface area contributed by atoms with Crippen molar-refractivity contribution >= 4 is 38.2 Å². The number of nitrogens with zero attached hydrogens (tertiary/aromatic N) is 2. The summed E-state index contributed by atoms with van der Waals surface area (Å²) in [6, 6.07) is 18.3. The Balaban J connectivity index is 1.37. The molecule has 1 amide bonds. The molecule has 3 heterocycles. The molecule has 5 rings (SSSR count). The molecule has 0 spiro atoms. The van der Waals surface area contributed by atoms with Crippen LogP contribution in [0.2, 0.25) is 0 Å². The van der Waals surface area contributed by atoms with E-state index in [0.717, 1.165) is 10.9 Å². The highest BCUT2D eigenvalue weighted by atomic mass is 32.2. The fourth-order valence-electron chi connectivity index (χ4n) is 4.19. The molecular formula is C25H22FN3O3S2. The number of hydrogen-bond donors (Lipinski definition) is 1. The van der Waals surface area contributed by atoms with Gasteiger partial charge in [0.15, 0.2) is 0 Å². The van der Waals surface area contributed by atoms with Crippen LogP contribution >= 0.6 is 11.3 Å². The Morgan fingerprint density at radius 1 is 1.03 bits per heavy atom. The van der Waals surface area contributed by atoms with Crippen LogP contribution in [-0.4, -0.2) is 43.3 Å². The predicted molar refractivity (Wildman–Crippen MR) is 131 cm³/mol. The number of sulfonamides is 1. The van der Waals surface area contributed by atoms with E-state index in [1.165, 1.54) is 23.5 Å². The summed E-state index contributed by atoms with van der Waals surface area (Å²) in [5.41, 5.74) is 2.54. The highest BCUT2D eigenvalue weighted by Crippen LogP contribution is 2.27. The van der Waals surface area contributed by atoms with Gasteiger partial charge in [-0.1, -0.05) is 24.3 Å². The number of piperidine rings is 1. The lowest BCUT2D eigenvalue weighted by Gasteiger charge is -2.32. The highest BCUT2D eigenvalue weighted by molar-refractivity contribution is 7.91. The Bertz CT molecular complexity index is 1430. The van der Waals surface area contributed by atoms with Crippen molar-refractivity contribution in [2.45, 2.75) is 23.1 Å². The number of para-hydroxylation sites is 1. The summed E-state index contributed by atoms with van der Waals surface area (Å²) in [6.07, 6.45) is 1.06. The van der Waals surface area contributed by atoms with Crippen molar-refractivity contribution in [3.05, 3.63) is 83.5 Å². The fraction of sp³-hybridized carbons (Fsp3) is 0.200. The third-order valence-electron chi connectivity index (χ3n) is 5.95. The van der Waals surface area contributed by atoms with Crippen LogP contribution in [0.1, 0.15) is 23.2 Å². The Kier molecular flexibility index (Phi) is 6.16. The lowest BCUT2D eigenvalue weighted by Crippen LogP contribution is -2.46. The molecule has 0 aliphatic carbocycles. The summed E-state index contributed by atoms with van der Waals surface area (Å²) in [6.45, 7) is 0.887. The molecule has 1 fully saturated rings. The first-order valence-electron chi connectivity index (χ1n) is 10.9. The minimum atomic E-state index is -3.54. The average molecular weight is 496 g/mol. The molecular weight excluding hydrogens is 473 g/mol. The van der Waals surface area contributed by atoms with E-state index in [-0.39, 0.29) is 17.8 Å². The number of benzene rings is 2. The van der Waals surface area contributed by atoms with Gasteiger partial charge in [-0.2, -0.15) is 0 Å². The van der Waals surface area contributed by atoms with Gasteiger partial charge in [0.1, 0.15) is 10.0 Å². The van der Waals surface area contributed by atoms with Crippen molar-refractivity contribution in [1.29, 1.82) is 0 Å². The van der Waals surface area contributed by atoms with Gasteiger partial charge in [-0.25, -0.2) is 22.5 Å². The van der Waals surface area contributed by atoms with Crippen molar-refractivity contribution in [1.82, 2.24) is 14.6 Å². The zero-order valence-corrected chi connectivity index (χ0v) is 19.8. The van der Waals surface area contributed by atoms with E-state index in [0.29, 0.717) is 46.9 Å². The molecule has 2 aromatic heterocycles. The number of carbonyl (C=O) groups excluding carboxylic acids is 1. The molecule has 0 atom stereocenters. The molecule has 1 aliphatic rings. The first-order chi connectivity index (χ1) is 16.4. The Labute approximate surface area is 201 Å². The predicted octanol–water partition coefficient (Wildman–Crippen LogP) is 4.69. The lowest BCUT2D eigenvalue weighted by atomic mass is 10.0. The molecule has 1 N–H and O–H groups in total. The number of aromatic nitrogens is 1. The molecule has 4 aromatic rings. The van der Waals surface area contributed by atoms with Crippen LogP contribution in [-0.2, 0) is 10.0 Å². The van der Waals surface area contributed by atoms with E-state index < -0.39 is 10.0 Å². The van der Waals surface area contributed by atoms with E-state index >= 15 is 0 Å². The number of hydrogen-bond acceptors (Lipinski definition) is 5. The van der Waals surface area contributed by atoms with E-state index in [1.807, 2.05) is 24.3 Å². The van der Waals surface area contributed by atoms with Gasteiger partial charge in [-0.05, 0) is 60.7 Å². The Hall–Kier alpha value is -3.14. The topological polar surface area (TPSA) is 79.4 Å². The van der Waals surface area contributed by atoms with Crippen molar-refractivity contribution in [3.8, 4) is 11.3 Å². The highest BCUT2D eigenvalue weighted by Gasteiger charge is 2.28. The van der Waals surface area contributed by atoms with Crippen molar-refractivity contribution in [2.24, 2.45) is 0 Å². The maximum atomic E-state index is 13.5. The first-order valence-corrected chi connectivity index (χ1v) is 13.3. The van der Waals surface area contributed by atoms with Gasteiger partial charge in [-0.3, -0.25) is 4.79 Å². The van der Waals surface area contributed by atoms with Crippen LogP contribution in [0.5, 0.6) is 0 Å². The van der Waals surface area contributed by atoms with E-state index in [1.54, 1.807) is 40.6 Å². The standard InChI is InChI=1S/C25H22FN3O3S2/c26-18-9-7-17(8-10-18)23-16-21(20-4-1-2-5-22(20)27-23)25(30)29-13-11-19(12-14-29)28-34(31,32)24-6-3-15-33-24/h1-10,15-16,19,28H,11-14H2. The molecule has 0 saturated carbocycles. The van der Waals surface area contributed by atoms with Gasteiger partial charge in [0.25, 0.3) is 5.91 Å². The normalized spacial score (nSPS) is 15.0. The second-order valence-electron chi connectivity index (χ2n) is 8.20. The number of carbonyl (C=O) groups is 1. The molecule has 6 nitrogen and oxygen atoms in total. The third kappa shape index (κ3) is 4.59. The van der Waals surface area contributed by atoms with E-state index in [4.69, 9.17) is 0 Å². The Morgan fingerprint density at radius 3 is 2.47 bits per heavy atom. The zero-order chi connectivity index (χ0) is 23.7. The minimum Gasteiger partial charge on any atom is -0.339 e. The molecule has 34 heavy (non-hydrogen) atoms. The van der Waals surface area contributed by atoms with E-state index in [2.05, 4.69) is 9.71 Å². The molecule has 174 valence electrons. The van der Waals surface area contributed by atoms with Crippen molar-refractivity contribution in [3.63, 3.8) is 0 Å². The minimum absolute atomic E-state index is 0.124. The first kappa shape index (κ1) is 22.6. The smallest absolute Gasteiger partial charge is 0.254 e. The maximum Gasteiger partial charge on any atom is 0.254 e. The Morgan fingerprint density at radius 2 is 1.76 bits per heavy atom. The summed E-state index contributed by atoms with van der Waals surface area (Å²) in [5, 5.41) is 2.48. The van der Waals surface area contributed by atoms with E-state index in [9.17, 15) is 17.6 Å². The van der Waals surface area contributed by atoms with Gasteiger partial charge in [0.05, 0.1) is 16.8 Å². The number of pyridine rings is 1. The average Bonchev–Trinajstić information content (AvgIpc) is 3.40. The van der Waals surface area contributed by atoms with Crippen LogP contribution in [0.25, 0.3) is 22.2 Å². The van der Waals surface area contributed by atoms with Gasteiger partial charge in [-0.15, -0.1) is 11.3 Å². The number of rotatable bonds is 5. The van der Waals surface area contributed by atoms with Crippen LogP contribution in [0, 0.1) is 5.82 Å². The summed E-state index contributed by atoms with van der Waals surface area (Å²) in [7, 11) is -3.54. The number of likely N-dealkylation sites (tertiary alicyclic amines) is 1. The monoisotopic (exact) mass is 495 g/mol. The second kappa shape index (κ2) is 9.25. The zero-order valence-electron chi connectivity index (χ0n) is 18.1. The molecule has 9 heteroatoms. The quantitative estimate of drug-likeness (QED) is 0.436. The summed E-state index contributed by atoms with van der Waals surface area (Å²) in [4.78, 5) is 20.0. The van der Waals surface area contributed by atoms with Crippen LogP contribution < -0.4 is 4.72 Å². The molecule has 2 aromatic carbocycles.